The van der Waals surface area contributed by atoms with Gasteiger partial charge in [0.05, 0.1) is 12.1 Å². The molecule has 112 valence electrons. The zero-order chi connectivity index (χ0) is 15.0. The number of carbonyl (C=O) groups is 1. The molecule has 5 nitrogen and oxygen atoms in total. The molecule has 3 N–H and O–H groups in total. The Labute approximate surface area is 127 Å². The third-order valence-corrected chi connectivity index (χ3v) is 4.24. The number of benzene rings is 1. The predicted molar refractivity (Wildman–Crippen MR) is 82.7 cm³/mol. The van der Waals surface area contributed by atoms with Gasteiger partial charge in [0.15, 0.2) is 0 Å². The Kier molecular flexibility index (Phi) is 3.89. The van der Waals surface area contributed by atoms with E-state index in [2.05, 4.69) is 10.6 Å². The second kappa shape index (κ2) is 5.67. The number of hydrogen-bond acceptors (Lipinski definition) is 3. The fourth-order valence-electron chi connectivity index (χ4n) is 2.77. The Morgan fingerprint density at radius 3 is 3.05 bits per heavy atom. The van der Waals surface area contributed by atoms with Crippen LogP contribution in [0.5, 0.6) is 0 Å². The van der Waals surface area contributed by atoms with Gasteiger partial charge in [-0.2, -0.15) is 0 Å². The summed E-state index contributed by atoms with van der Waals surface area (Å²) in [6.45, 7) is 1.31. The number of β-amino-alcohol motifs (C(OH)–C–C–N with tert-alkyl or cyclic N) is 1. The summed E-state index contributed by atoms with van der Waals surface area (Å²) in [6.07, 6.45) is 0.176. The number of halogens is 1. The van der Waals surface area contributed by atoms with Crippen LogP contribution >= 0.6 is 11.6 Å². The molecule has 0 spiro atoms. The number of rotatable bonds is 2. The summed E-state index contributed by atoms with van der Waals surface area (Å²) in [5.41, 5.74) is 1.48. The maximum atomic E-state index is 12.4. The van der Waals surface area contributed by atoms with Crippen LogP contribution < -0.4 is 10.6 Å². The number of piperidine rings is 1. The van der Waals surface area contributed by atoms with E-state index in [0.717, 1.165) is 23.9 Å². The fraction of sp³-hybridized carbons (Fsp3) is 0.400. The summed E-state index contributed by atoms with van der Waals surface area (Å²) >= 11 is 6.00. The number of hydrogen-bond donors (Lipinski definition) is 3. The van der Waals surface area contributed by atoms with Crippen molar-refractivity contribution in [1.82, 2.24) is 15.2 Å². The molecule has 1 aromatic heterocycles. The SMILES string of the molecule is Cn1c(C(=O)N[C@@H]2CCNC[C@H]2O)cc2ccc(Cl)cc21. The number of aryl methyl sites for hydroxylation is 1. The van der Waals surface area contributed by atoms with Gasteiger partial charge in [0.2, 0.25) is 0 Å². The smallest absolute Gasteiger partial charge is 0.268 e. The predicted octanol–water partition coefficient (Wildman–Crippen LogP) is 1.28. The molecule has 2 aromatic rings. The van der Waals surface area contributed by atoms with Crippen molar-refractivity contribution in [2.75, 3.05) is 13.1 Å². The van der Waals surface area contributed by atoms with Gasteiger partial charge in [0.1, 0.15) is 5.69 Å². The van der Waals surface area contributed by atoms with Gasteiger partial charge in [-0.3, -0.25) is 4.79 Å². The molecular formula is C15H18ClN3O2. The van der Waals surface area contributed by atoms with E-state index in [1.807, 2.05) is 35.9 Å². The highest BCUT2D eigenvalue weighted by molar-refractivity contribution is 6.31. The minimum Gasteiger partial charge on any atom is -0.390 e. The number of amides is 1. The molecule has 1 saturated heterocycles. The summed E-state index contributed by atoms with van der Waals surface area (Å²) in [5, 5.41) is 17.5. The molecule has 0 bridgehead atoms. The molecule has 1 aromatic carbocycles. The maximum absolute atomic E-state index is 12.4. The average Bonchev–Trinajstić information content (AvgIpc) is 2.79. The summed E-state index contributed by atoms with van der Waals surface area (Å²) in [4.78, 5) is 12.4. The molecule has 0 unspecified atom stereocenters. The molecule has 1 aliphatic heterocycles. The van der Waals surface area contributed by atoms with Crippen molar-refractivity contribution in [3.63, 3.8) is 0 Å². The number of fused-ring (bicyclic) bond motifs is 1. The highest BCUT2D eigenvalue weighted by atomic mass is 35.5. The summed E-state index contributed by atoms with van der Waals surface area (Å²) in [5.74, 6) is -0.171. The van der Waals surface area contributed by atoms with Crippen molar-refractivity contribution in [2.45, 2.75) is 18.6 Å². The molecule has 2 atom stereocenters. The van der Waals surface area contributed by atoms with Gasteiger partial charge in [-0.15, -0.1) is 0 Å². The first-order valence-corrected chi connectivity index (χ1v) is 7.38. The quantitative estimate of drug-likeness (QED) is 0.783. The Bertz CT molecular complexity index is 683. The largest absolute Gasteiger partial charge is 0.390 e. The first-order valence-electron chi connectivity index (χ1n) is 7.01. The Hall–Kier alpha value is -1.56. The third-order valence-electron chi connectivity index (χ3n) is 4.01. The van der Waals surface area contributed by atoms with Gasteiger partial charge in [0.25, 0.3) is 5.91 Å². The number of aliphatic hydroxyl groups excluding tert-OH is 1. The van der Waals surface area contributed by atoms with Crippen LogP contribution in [0.2, 0.25) is 5.02 Å². The zero-order valence-corrected chi connectivity index (χ0v) is 12.5. The summed E-state index contributed by atoms with van der Waals surface area (Å²) in [6, 6.07) is 7.18. The molecule has 1 amide bonds. The van der Waals surface area contributed by atoms with Crippen molar-refractivity contribution < 1.29 is 9.90 Å². The summed E-state index contributed by atoms with van der Waals surface area (Å²) < 4.78 is 1.82. The minimum absolute atomic E-state index is 0.171. The number of carbonyl (C=O) groups excluding carboxylic acids is 1. The van der Waals surface area contributed by atoms with Crippen LogP contribution in [0.4, 0.5) is 0 Å². The lowest BCUT2D eigenvalue weighted by Crippen LogP contribution is -2.52. The Balaban J connectivity index is 1.86. The first-order chi connectivity index (χ1) is 10.1. The first kappa shape index (κ1) is 14.4. The van der Waals surface area contributed by atoms with Gasteiger partial charge in [0, 0.05) is 29.5 Å². The van der Waals surface area contributed by atoms with E-state index in [4.69, 9.17) is 11.6 Å². The van der Waals surface area contributed by atoms with Crippen LogP contribution in [0, 0.1) is 0 Å². The lowest BCUT2D eigenvalue weighted by atomic mass is 10.0. The standard InChI is InChI=1S/C15H18ClN3O2/c1-19-12-7-10(16)3-2-9(12)6-13(19)15(21)18-11-4-5-17-8-14(11)20/h2-3,6-7,11,14,17,20H,4-5,8H2,1H3,(H,18,21)/t11-,14-/m1/s1. The van der Waals surface area contributed by atoms with Crippen LogP contribution in [-0.2, 0) is 7.05 Å². The Morgan fingerprint density at radius 1 is 1.48 bits per heavy atom. The van der Waals surface area contributed by atoms with E-state index >= 15 is 0 Å². The van der Waals surface area contributed by atoms with E-state index in [-0.39, 0.29) is 11.9 Å². The van der Waals surface area contributed by atoms with E-state index in [9.17, 15) is 9.90 Å². The van der Waals surface area contributed by atoms with Gasteiger partial charge in [-0.1, -0.05) is 17.7 Å². The van der Waals surface area contributed by atoms with Crippen molar-refractivity contribution in [2.24, 2.45) is 7.05 Å². The van der Waals surface area contributed by atoms with Crippen molar-refractivity contribution in [3.05, 3.63) is 35.0 Å². The topological polar surface area (TPSA) is 66.3 Å². The van der Waals surface area contributed by atoms with Crippen LogP contribution in [0.1, 0.15) is 16.9 Å². The molecule has 1 aliphatic rings. The third kappa shape index (κ3) is 2.77. The highest BCUT2D eigenvalue weighted by Crippen LogP contribution is 2.22. The van der Waals surface area contributed by atoms with Gasteiger partial charge in [-0.25, -0.2) is 0 Å². The maximum Gasteiger partial charge on any atom is 0.268 e. The second-order valence-corrected chi connectivity index (χ2v) is 5.87. The van der Waals surface area contributed by atoms with Crippen LogP contribution in [0.25, 0.3) is 10.9 Å². The molecule has 2 heterocycles. The highest BCUT2D eigenvalue weighted by Gasteiger charge is 2.25. The molecule has 0 saturated carbocycles. The van der Waals surface area contributed by atoms with Gasteiger partial charge >= 0.3 is 0 Å². The zero-order valence-electron chi connectivity index (χ0n) is 11.8. The normalized spacial score (nSPS) is 22.4. The van der Waals surface area contributed by atoms with Crippen molar-refractivity contribution in [3.8, 4) is 0 Å². The Morgan fingerprint density at radius 2 is 2.29 bits per heavy atom. The number of nitrogens with one attached hydrogen (secondary N) is 2. The van der Waals surface area contributed by atoms with Gasteiger partial charge < -0.3 is 20.3 Å². The van der Waals surface area contributed by atoms with E-state index < -0.39 is 6.10 Å². The molecule has 3 rings (SSSR count). The minimum atomic E-state index is -0.549. The van der Waals surface area contributed by atoms with Crippen molar-refractivity contribution >= 4 is 28.4 Å². The second-order valence-electron chi connectivity index (χ2n) is 5.43. The summed E-state index contributed by atoms with van der Waals surface area (Å²) in [7, 11) is 1.84. The molecular weight excluding hydrogens is 290 g/mol. The molecule has 0 aliphatic carbocycles. The average molecular weight is 308 g/mol. The molecule has 21 heavy (non-hydrogen) atoms. The van der Waals surface area contributed by atoms with E-state index in [1.54, 1.807) is 0 Å². The van der Waals surface area contributed by atoms with Gasteiger partial charge in [-0.05, 0) is 31.2 Å². The molecule has 6 heteroatoms. The molecule has 0 radical (unpaired) electrons. The van der Waals surface area contributed by atoms with E-state index in [0.29, 0.717) is 17.3 Å². The number of aliphatic hydroxyl groups is 1. The number of nitrogens with zero attached hydrogens (tertiary/aromatic N) is 1. The van der Waals surface area contributed by atoms with E-state index in [1.165, 1.54) is 0 Å². The lowest BCUT2D eigenvalue weighted by molar-refractivity contribution is 0.0759. The number of aromatic nitrogens is 1. The molecule has 1 fully saturated rings. The fourth-order valence-corrected chi connectivity index (χ4v) is 2.94. The van der Waals surface area contributed by atoms with Crippen molar-refractivity contribution in [1.29, 1.82) is 0 Å². The van der Waals surface area contributed by atoms with Crippen LogP contribution in [-0.4, -0.2) is 40.8 Å². The van der Waals surface area contributed by atoms with Crippen LogP contribution in [0.15, 0.2) is 24.3 Å². The lowest BCUT2D eigenvalue weighted by Gasteiger charge is -2.29. The monoisotopic (exact) mass is 307 g/mol. The van der Waals surface area contributed by atoms with Crippen LogP contribution in [0.3, 0.4) is 0 Å².